The lowest BCUT2D eigenvalue weighted by atomic mass is 10.2. The van der Waals surface area contributed by atoms with E-state index in [9.17, 15) is 58.3 Å². The molecule has 0 radical (unpaired) electrons. The number of allylic oxidation sites excluding steroid dienone is 2. The maximum atomic E-state index is 14.1. The molecule has 1 aromatic rings. The van der Waals surface area contributed by atoms with Gasteiger partial charge in [0, 0.05) is 6.92 Å². The number of aromatic nitrogens is 3. The van der Waals surface area contributed by atoms with Crippen LogP contribution >= 0.6 is 0 Å². The van der Waals surface area contributed by atoms with Crippen LogP contribution in [0.3, 0.4) is 0 Å². The third-order valence-corrected chi connectivity index (χ3v) is 3.96. The molecule has 0 aliphatic rings. The Morgan fingerprint density at radius 1 is 0.727 bits per heavy atom. The first-order valence-electron chi connectivity index (χ1n) is 8.44. The summed E-state index contributed by atoms with van der Waals surface area (Å²) in [5.74, 6) is -18.4. The van der Waals surface area contributed by atoms with E-state index in [2.05, 4.69) is 17.9 Å². The maximum absolute atomic E-state index is 14.1. The van der Waals surface area contributed by atoms with E-state index in [-0.39, 0.29) is 9.13 Å². The van der Waals surface area contributed by atoms with Crippen molar-refractivity contribution in [1.29, 1.82) is 0 Å². The van der Waals surface area contributed by atoms with Gasteiger partial charge < -0.3 is 0 Å². The van der Waals surface area contributed by atoms with Crippen molar-refractivity contribution in [3.63, 3.8) is 0 Å². The van der Waals surface area contributed by atoms with Crippen LogP contribution in [-0.2, 0) is 24.4 Å². The van der Waals surface area contributed by atoms with E-state index < -0.39 is 78.2 Å². The quantitative estimate of drug-likeness (QED) is 0.344. The second-order valence-electron chi connectivity index (χ2n) is 6.54. The summed E-state index contributed by atoms with van der Waals surface area (Å²) in [4.78, 5) is 36.5. The minimum absolute atomic E-state index is 0.0768. The zero-order valence-corrected chi connectivity index (χ0v) is 16.4. The highest BCUT2D eigenvalue weighted by atomic mass is 19.4. The van der Waals surface area contributed by atoms with Crippen molar-refractivity contribution in [2.45, 2.75) is 56.5 Å². The summed E-state index contributed by atoms with van der Waals surface area (Å²) in [6.45, 7) is 1.28. The first kappa shape index (κ1) is 28.2. The topological polar surface area (TPSA) is 75.2 Å². The summed E-state index contributed by atoms with van der Waals surface area (Å²) in [7, 11) is 0. The van der Waals surface area contributed by atoms with E-state index >= 15 is 0 Å². The van der Waals surface area contributed by atoms with Crippen molar-refractivity contribution >= 4 is 0 Å². The number of hydrogen-bond acceptors (Lipinski definition) is 4. The summed E-state index contributed by atoms with van der Waals surface area (Å²) >= 11 is 0. The van der Waals surface area contributed by atoms with Gasteiger partial charge in [0.1, 0.15) is 6.54 Å². The normalized spacial score (nSPS) is 13.8. The Hall–Kier alpha value is -2.85. The predicted molar refractivity (Wildman–Crippen MR) is 91.1 cm³/mol. The molecule has 0 fully saturated rings. The van der Waals surface area contributed by atoms with Gasteiger partial charge in [-0.1, -0.05) is 12.2 Å². The van der Waals surface area contributed by atoms with Crippen LogP contribution in [0.2, 0.25) is 0 Å². The molecule has 0 atom stereocenters. The van der Waals surface area contributed by atoms with Crippen molar-refractivity contribution in [3.8, 4) is 0 Å². The van der Waals surface area contributed by atoms with Crippen LogP contribution < -0.4 is 17.1 Å². The van der Waals surface area contributed by atoms with Gasteiger partial charge in [-0.2, -0.15) is 43.9 Å². The van der Waals surface area contributed by atoms with Crippen LogP contribution in [0, 0.1) is 0 Å². The molecule has 188 valence electrons. The number of halogens is 10. The largest absolute Gasteiger partial charge is 0.430 e. The fourth-order valence-electron chi connectivity index (χ4n) is 2.23. The van der Waals surface area contributed by atoms with Gasteiger partial charge in [0.2, 0.25) is 0 Å². The molecule has 0 saturated heterocycles. The Kier molecular flexibility index (Phi) is 7.54. The average molecular weight is 503 g/mol. The summed E-state index contributed by atoms with van der Waals surface area (Å²) < 4.78 is 136. The van der Waals surface area contributed by atoms with E-state index in [1.165, 1.54) is 0 Å². The molecule has 17 heteroatoms. The van der Waals surface area contributed by atoms with E-state index in [4.69, 9.17) is 0 Å². The molecule has 7 nitrogen and oxygen atoms in total. The zero-order valence-electron chi connectivity index (χ0n) is 16.4. The summed E-state index contributed by atoms with van der Waals surface area (Å²) in [5.41, 5.74) is -5.24. The Morgan fingerprint density at radius 2 is 1.09 bits per heavy atom. The number of nitrogens with zero attached hydrogens (tertiary/aromatic N) is 3. The number of rotatable bonds is 11. The molecule has 0 unspecified atom stereocenters. The van der Waals surface area contributed by atoms with E-state index in [1.807, 2.05) is 0 Å². The molecule has 1 rings (SSSR count). The van der Waals surface area contributed by atoms with Crippen molar-refractivity contribution in [2.24, 2.45) is 0 Å². The molecule has 1 aromatic heterocycles. The van der Waals surface area contributed by atoms with Crippen molar-refractivity contribution < 1.29 is 48.6 Å². The molecule has 0 saturated carbocycles. The van der Waals surface area contributed by atoms with Gasteiger partial charge >= 0.3 is 47.1 Å². The second-order valence-corrected chi connectivity index (χ2v) is 6.54. The Labute approximate surface area is 176 Å². The van der Waals surface area contributed by atoms with Crippen LogP contribution in [0.5, 0.6) is 0 Å². The van der Waals surface area contributed by atoms with Gasteiger partial charge in [0.15, 0.2) is 0 Å². The molecule has 0 aliphatic heterocycles. The Bertz CT molecular complexity index is 1030. The molecule has 0 aromatic carbocycles. The highest BCUT2D eigenvalue weighted by Gasteiger charge is 2.75. The third kappa shape index (κ3) is 5.06. The molecule has 0 amide bonds. The molecule has 0 N–H and O–H groups in total. The van der Waals surface area contributed by atoms with Gasteiger partial charge in [-0.25, -0.2) is 32.8 Å². The molecule has 0 spiro atoms. The van der Waals surface area contributed by atoms with E-state index in [1.54, 1.807) is 0 Å². The predicted octanol–water partition coefficient (Wildman–Crippen LogP) is 2.67. The minimum Gasteiger partial charge on any atom is -0.247 e. The smallest absolute Gasteiger partial charge is 0.247 e. The molecule has 1 heterocycles. The fourth-order valence-corrected chi connectivity index (χ4v) is 2.23. The molecule has 0 aliphatic carbocycles. The Balaban J connectivity index is 3.59. The van der Waals surface area contributed by atoms with Crippen molar-refractivity contribution in [2.75, 3.05) is 0 Å². The lowest BCUT2D eigenvalue weighted by molar-refractivity contribution is -0.485. The maximum Gasteiger partial charge on any atom is 0.430 e. The molecule has 0 bridgehead atoms. The van der Waals surface area contributed by atoms with Gasteiger partial charge in [0.25, 0.3) is 0 Å². The number of ether oxygens (including phenoxy) is 1. The lowest BCUT2D eigenvalue weighted by Crippen LogP contribution is -2.61. The molecular formula is C16H15F10N3O4. The average Bonchev–Trinajstić information content (AvgIpc) is 2.64. The van der Waals surface area contributed by atoms with Gasteiger partial charge in [-0.3, -0.25) is 0 Å². The van der Waals surface area contributed by atoms with Gasteiger partial charge in [0.05, 0.1) is 13.1 Å². The van der Waals surface area contributed by atoms with Crippen molar-refractivity contribution in [1.82, 2.24) is 13.7 Å². The van der Waals surface area contributed by atoms with Gasteiger partial charge in [-0.15, -0.1) is 13.2 Å². The lowest BCUT2D eigenvalue weighted by Gasteiger charge is -2.34. The second kappa shape index (κ2) is 8.83. The van der Waals surface area contributed by atoms with Gasteiger partial charge in [-0.05, 0) is 0 Å². The highest BCUT2D eigenvalue weighted by Crippen LogP contribution is 2.50. The van der Waals surface area contributed by atoms with Crippen LogP contribution in [0.4, 0.5) is 43.9 Å². The molecular weight excluding hydrogens is 488 g/mol. The number of hydrogen-bond donors (Lipinski definition) is 0. The van der Waals surface area contributed by atoms with Crippen LogP contribution in [-0.4, -0.2) is 43.7 Å². The van der Waals surface area contributed by atoms with Crippen LogP contribution in [0.1, 0.15) is 6.92 Å². The third-order valence-electron chi connectivity index (χ3n) is 3.96. The van der Waals surface area contributed by atoms with E-state index in [0.29, 0.717) is 0 Å². The zero-order chi connectivity index (χ0) is 26.2. The number of alkyl halides is 10. The molecule has 33 heavy (non-hydrogen) atoms. The summed E-state index contributed by atoms with van der Waals surface area (Å²) in [6.07, 6.45) is -11.7. The fraction of sp³-hybridized carbons (Fsp3) is 0.562. The summed E-state index contributed by atoms with van der Waals surface area (Å²) in [6, 6.07) is 0. The SMILES string of the molecule is C=CCn1c(=O)n(CC=C)c(=O)n(CC(F)(F)C(F)(F)OC(F)(F)C(F)(F)C(C)(F)F)c1=O. The highest BCUT2D eigenvalue weighted by molar-refractivity contribution is 4.92. The summed E-state index contributed by atoms with van der Waals surface area (Å²) in [5, 5.41) is 0. The van der Waals surface area contributed by atoms with Crippen LogP contribution in [0.25, 0.3) is 0 Å². The standard InChI is InChI=1S/C16H15F10N3O4/c1-4-6-27-9(30)28(7-5-2)11(32)29(10(27)31)8-13(19,20)15(23,24)33-16(25,26)14(21,22)12(3,17)18/h4-5H,1-2,6-8H2,3H3. The van der Waals surface area contributed by atoms with Crippen LogP contribution in [0.15, 0.2) is 39.7 Å². The van der Waals surface area contributed by atoms with E-state index in [0.717, 1.165) is 12.2 Å². The first-order valence-corrected chi connectivity index (χ1v) is 8.44. The Morgan fingerprint density at radius 3 is 1.42 bits per heavy atom. The monoisotopic (exact) mass is 503 g/mol. The first-order chi connectivity index (χ1) is 14.7. The van der Waals surface area contributed by atoms with Crippen molar-refractivity contribution in [3.05, 3.63) is 56.8 Å². The minimum atomic E-state index is -6.83.